The standard InChI is InChI=1S/C16H24N2O/c1-3-13-6-5-10-18(11-9-13)14-7-8-15(17-12-14)16(19)4-2/h7-8,12-13H,3-6,9-11H2,1-2H3. The molecule has 1 aliphatic heterocycles. The number of Topliss-reactive ketones (excluding diaryl/α,β-unsaturated/α-hetero) is 1. The van der Waals surface area contributed by atoms with Gasteiger partial charge in [0.25, 0.3) is 0 Å². The van der Waals surface area contributed by atoms with Crippen molar-refractivity contribution in [1.82, 2.24) is 4.98 Å². The minimum atomic E-state index is 0.119. The lowest BCUT2D eigenvalue weighted by molar-refractivity contribution is 0.0983. The van der Waals surface area contributed by atoms with Crippen LogP contribution in [0.5, 0.6) is 0 Å². The van der Waals surface area contributed by atoms with Crippen molar-refractivity contribution in [2.45, 2.75) is 46.0 Å². The first-order chi connectivity index (χ1) is 9.24. The Hall–Kier alpha value is -1.38. The first-order valence-electron chi connectivity index (χ1n) is 7.48. The van der Waals surface area contributed by atoms with E-state index in [1.54, 1.807) is 0 Å². The van der Waals surface area contributed by atoms with E-state index in [2.05, 4.69) is 16.8 Å². The average Bonchev–Trinajstić information content (AvgIpc) is 2.72. The number of aromatic nitrogens is 1. The van der Waals surface area contributed by atoms with Gasteiger partial charge in [0.15, 0.2) is 5.78 Å². The highest BCUT2D eigenvalue weighted by Crippen LogP contribution is 2.24. The van der Waals surface area contributed by atoms with Gasteiger partial charge in [-0.3, -0.25) is 9.78 Å². The minimum Gasteiger partial charge on any atom is -0.370 e. The maximum Gasteiger partial charge on any atom is 0.180 e. The van der Waals surface area contributed by atoms with Crippen molar-refractivity contribution in [1.29, 1.82) is 0 Å². The summed E-state index contributed by atoms with van der Waals surface area (Å²) in [4.78, 5) is 18.3. The highest BCUT2D eigenvalue weighted by molar-refractivity contribution is 5.94. The zero-order valence-electron chi connectivity index (χ0n) is 12.1. The Balaban J connectivity index is 2.03. The van der Waals surface area contributed by atoms with Crippen LogP contribution in [0.1, 0.15) is 56.4 Å². The summed E-state index contributed by atoms with van der Waals surface area (Å²) in [5, 5.41) is 0. The third-order valence-electron chi connectivity index (χ3n) is 4.14. The van der Waals surface area contributed by atoms with Gasteiger partial charge >= 0.3 is 0 Å². The van der Waals surface area contributed by atoms with Gasteiger partial charge in [0.1, 0.15) is 5.69 Å². The van der Waals surface area contributed by atoms with E-state index >= 15 is 0 Å². The Morgan fingerprint density at radius 2 is 2.16 bits per heavy atom. The van der Waals surface area contributed by atoms with Gasteiger partial charge in [-0.1, -0.05) is 20.3 Å². The van der Waals surface area contributed by atoms with E-state index in [-0.39, 0.29) is 5.78 Å². The number of ketones is 1. The number of carbonyl (C=O) groups excluding carboxylic acids is 1. The highest BCUT2D eigenvalue weighted by atomic mass is 16.1. The fraction of sp³-hybridized carbons (Fsp3) is 0.625. The predicted octanol–water partition coefficient (Wildman–Crippen LogP) is 3.69. The van der Waals surface area contributed by atoms with Gasteiger partial charge in [0.05, 0.1) is 11.9 Å². The lowest BCUT2D eigenvalue weighted by Crippen LogP contribution is -2.24. The van der Waals surface area contributed by atoms with Gasteiger partial charge in [-0.15, -0.1) is 0 Å². The third-order valence-corrected chi connectivity index (χ3v) is 4.14. The van der Waals surface area contributed by atoms with E-state index in [0.29, 0.717) is 12.1 Å². The molecule has 1 fully saturated rings. The van der Waals surface area contributed by atoms with Gasteiger partial charge in [0, 0.05) is 19.5 Å². The van der Waals surface area contributed by atoms with Crippen molar-refractivity contribution in [2.75, 3.05) is 18.0 Å². The second-order valence-corrected chi connectivity index (χ2v) is 5.37. The van der Waals surface area contributed by atoms with Gasteiger partial charge in [0.2, 0.25) is 0 Å². The van der Waals surface area contributed by atoms with Crippen LogP contribution in [0.25, 0.3) is 0 Å². The zero-order chi connectivity index (χ0) is 13.7. The van der Waals surface area contributed by atoms with Gasteiger partial charge in [-0.2, -0.15) is 0 Å². The summed E-state index contributed by atoms with van der Waals surface area (Å²) >= 11 is 0. The quantitative estimate of drug-likeness (QED) is 0.774. The van der Waals surface area contributed by atoms with Gasteiger partial charge in [-0.05, 0) is 37.3 Å². The van der Waals surface area contributed by atoms with Crippen molar-refractivity contribution in [3.63, 3.8) is 0 Å². The smallest absolute Gasteiger partial charge is 0.180 e. The molecule has 1 atom stereocenters. The monoisotopic (exact) mass is 260 g/mol. The zero-order valence-corrected chi connectivity index (χ0v) is 12.1. The maximum atomic E-state index is 11.6. The molecule has 1 unspecified atom stereocenters. The molecule has 104 valence electrons. The van der Waals surface area contributed by atoms with Crippen LogP contribution in [0.15, 0.2) is 18.3 Å². The Morgan fingerprint density at radius 1 is 1.32 bits per heavy atom. The van der Waals surface area contributed by atoms with E-state index in [4.69, 9.17) is 0 Å². The average molecular weight is 260 g/mol. The van der Waals surface area contributed by atoms with Crippen LogP contribution in [-0.4, -0.2) is 23.9 Å². The van der Waals surface area contributed by atoms with Crippen molar-refractivity contribution in [3.8, 4) is 0 Å². The van der Waals surface area contributed by atoms with Crippen molar-refractivity contribution in [2.24, 2.45) is 5.92 Å². The molecule has 0 aliphatic carbocycles. The Morgan fingerprint density at radius 3 is 2.79 bits per heavy atom. The van der Waals surface area contributed by atoms with Gasteiger partial charge in [-0.25, -0.2) is 0 Å². The summed E-state index contributed by atoms with van der Waals surface area (Å²) in [5.74, 6) is 0.993. The van der Waals surface area contributed by atoms with E-state index < -0.39 is 0 Å². The molecule has 1 aliphatic rings. The second kappa shape index (κ2) is 6.69. The van der Waals surface area contributed by atoms with Crippen LogP contribution >= 0.6 is 0 Å². The number of carbonyl (C=O) groups is 1. The molecular weight excluding hydrogens is 236 g/mol. The summed E-state index contributed by atoms with van der Waals surface area (Å²) in [6.45, 7) is 6.38. The summed E-state index contributed by atoms with van der Waals surface area (Å²) in [7, 11) is 0. The third kappa shape index (κ3) is 3.55. The van der Waals surface area contributed by atoms with Crippen LogP contribution in [0.2, 0.25) is 0 Å². The van der Waals surface area contributed by atoms with Crippen molar-refractivity contribution < 1.29 is 4.79 Å². The molecule has 1 saturated heterocycles. The molecule has 2 heterocycles. The molecule has 1 aromatic rings. The molecule has 0 spiro atoms. The second-order valence-electron chi connectivity index (χ2n) is 5.37. The van der Waals surface area contributed by atoms with Crippen LogP contribution < -0.4 is 4.90 Å². The maximum absolute atomic E-state index is 11.6. The first kappa shape index (κ1) is 14.0. The van der Waals surface area contributed by atoms with Crippen LogP contribution in [0.3, 0.4) is 0 Å². The normalized spacial score (nSPS) is 20.1. The first-order valence-corrected chi connectivity index (χ1v) is 7.48. The largest absolute Gasteiger partial charge is 0.370 e. The number of rotatable bonds is 4. The Labute approximate surface area is 116 Å². The molecule has 19 heavy (non-hydrogen) atoms. The molecule has 0 bridgehead atoms. The SMILES string of the molecule is CCC(=O)c1ccc(N2CCCC(CC)CC2)cn1. The van der Waals surface area contributed by atoms with Gasteiger partial charge < -0.3 is 4.90 Å². The molecule has 0 amide bonds. The Kier molecular flexibility index (Phi) is 4.94. The fourth-order valence-corrected chi connectivity index (χ4v) is 2.75. The molecule has 0 radical (unpaired) electrons. The molecule has 0 N–H and O–H groups in total. The molecule has 3 nitrogen and oxygen atoms in total. The lowest BCUT2D eigenvalue weighted by Gasteiger charge is -2.22. The van der Waals surface area contributed by atoms with Crippen molar-refractivity contribution in [3.05, 3.63) is 24.0 Å². The summed E-state index contributed by atoms with van der Waals surface area (Å²) in [6.07, 6.45) is 7.53. The van der Waals surface area contributed by atoms with E-state index in [1.807, 2.05) is 25.3 Å². The minimum absolute atomic E-state index is 0.119. The summed E-state index contributed by atoms with van der Waals surface area (Å²) in [5.41, 5.74) is 1.75. The number of hydrogen-bond acceptors (Lipinski definition) is 3. The summed E-state index contributed by atoms with van der Waals surface area (Å²) < 4.78 is 0. The van der Waals surface area contributed by atoms with Crippen LogP contribution in [0.4, 0.5) is 5.69 Å². The number of hydrogen-bond donors (Lipinski definition) is 0. The molecule has 1 aromatic heterocycles. The fourth-order valence-electron chi connectivity index (χ4n) is 2.75. The Bertz CT molecular complexity index is 413. The van der Waals surface area contributed by atoms with Crippen LogP contribution in [0, 0.1) is 5.92 Å². The molecular formula is C16H24N2O. The number of anilines is 1. The topological polar surface area (TPSA) is 33.2 Å². The van der Waals surface area contributed by atoms with E-state index in [0.717, 1.165) is 24.7 Å². The number of nitrogens with zero attached hydrogens (tertiary/aromatic N) is 2. The molecule has 3 heteroatoms. The summed E-state index contributed by atoms with van der Waals surface area (Å²) in [6, 6.07) is 3.91. The molecule has 0 saturated carbocycles. The van der Waals surface area contributed by atoms with Crippen LogP contribution in [-0.2, 0) is 0 Å². The van der Waals surface area contributed by atoms with E-state index in [9.17, 15) is 4.79 Å². The molecule has 2 rings (SSSR count). The van der Waals surface area contributed by atoms with E-state index in [1.165, 1.54) is 25.7 Å². The lowest BCUT2D eigenvalue weighted by atomic mass is 9.98. The van der Waals surface area contributed by atoms with Crippen molar-refractivity contribution >= 4 is 11.5 Å². The predicted molar refractivity (Wildman–Crippen MR) is 78.7 cm³/mol. The molecule has 0 aromatic carbocycles. The number of pyridine rings is 1. The highest BCUT2D eigenvalue weighted by Gasteiger charge is 2.16.